The van der Waals surface area contributed by atoms with Crippen molar-refractivity contribution in [1.29, 1.82) is 5.41 Å². The Labute approximate surface area is 68.6 Å². The summed E-state index contributed by atoms with van der Waals surface area (Å²) in [6, 6.07) is 0. The Kier molecular flexibility index (Phi) is 1.43. The maximum absolute atomic E-state index is 7.71. The quantitative estimate of drug-likeness (QED) is 0.633. The SMILES string of the molecule is CCn1cnc2nc[nH]c2c1=N. The van der Waals surface area contributed by atoms with Crippen molar-refractivity contribution in [2.24, 2.45) is 0 Å². The molecule has 5 nitrogen and oxygen atoms in total. The van der Waals surface area contributed by atoms with E-state index in [1.165, 1.54) is 0 Å². The summed E-state index contributed by atoms with van der Waals surface area (Å²) in [6.07, 6.45) is 3.18. The molecule has 5 heteroatoms. The van der Waals surface area contributed by atoms with Gasteiger partial charge in [0.05, 0.1) is 12.7 Å². The van der Waals surface area contributed by atoms with Gasteiger partial charge in [-0.05, 0) is 6.92 Å². The van der Waals surface area contributed by atoms with E-state index in [0.717, 1.165) is 6.54 Å². The van der Waals surface area contributed by atoms with E-state index in [9.17, 15) is 0 Å². The van der Waals surface area contributed by atoms with Gasteiger partial charge in [-0.2, -0.15) is 0 Å². The fourth-order valence-electron chi connectivity index (χ4n) is 1.12. The van der Waals surface area contributed by atoms with Crippen molar-refractivity contribution >= 4 is 11.2 Å². The molecule has 0 saturated carbocycles. The van der Waals surface area contributed by atoms with Gasteiger partial charge in [0.2, 0.25) is 0 Å². The largest absolute Gasteiger partial charge is 0.340 e. The van der Waals surface area contributed by atoms with E-state index >= 15 is 0 Å². The van der Waals surface area contributed by atoms with Gasteiger partial charge >= 0.3 is 0 Å². The van der Waals surface area contributed by atoms with Crippen LogP contribution in [0.25, 0.3) is 11.2 Å². The summed E-state index contributed by atoms with van der Waals surface area (Å²) in [6.45, 7) is 2.72. The number of rotatable bonds is 1. The highest BCUT2D eigenvalue weighted by Gasteiger charge is 2.00. The van der Waals surface area contributed by atoms with Crippen LogP contribution in [0.2, 0.25) is 0 Å². The number of nitrogens with zero attached hydrogens (tertiary/aromatic N) is 3. The molecule has 0 spiro atoms. The van der Waals surface area contributed by atoms with Gasteiger partial charge in [0.15, 0.2) is 11.1 Å². The number of H-pyrrole nitrogens is 1. The first-order valence-electron chi connectivity index (χ1n) is 3.76. The van der Waals surface area contributed by atoms with Crippen LogP contribution in [0.4, 0.5) is 0 Å². The first kappa shape index (κ1) is 7.02. The van der Waals surface area contributed by atoms with Crippen LogP contribution in [0.15, 0.2) is 12.7 Å². The molecule has 0 unspecified atom stereocenters. The van der Waals surface area contributed by atoms with E-state index < -0.39 is 0 Å². The van der Waals surface area contributed by atoms with E-state index in [2.05, 4.69) is 15.0 Å². The number of hydrogen-bond donors (Lipinski definition) is 2. The normalized spacial score (nSPS) is 10.8. The minimum atomic E-state index is 0.431. The molecule has 0 atom stereocenters. The Bertz CT molecular complexity index is 452. The van der Waals surface area contributed by atoms with Crippen LogP contribution in [-0.4, -0.2) is 19.5 Å². The average molecular weight is 163 g/mol. The molecule has 2 rings (SSSR count). The molecule has 0 saturated heterocycles. The van der Waals surface area contributed by atoms with Crippen molar-refractivity contribution in [3.05, 3.63) is 18.1 Å². The molecule has 0 radical (unpaired) electrons. The Morgan fingerprint density at radius 3 is 3.17 bits per heavy atom. The fourth-order valence-corrected chi connectivity index (χ4v) is 1.12. The Morgan fingerprint density at radius 2 is 2.42 bits per heavy atom. The summed E-state index contributed by atoms with van der Waals surface area (Å²) < 4.78 is 1.75. The van der Waals surface area contributed by atoms with E-state index in [1.54, 1.807) is 17.2 Å². The third-order valence-corrected chi connectivity index (χ3v) is 1.80. The van der Waals surface area contributed by atoms with E-state index in [0.29, 0.717) is 16.7 Å². The number of aromatic amines is 1. The minimum Gasteiger partial charge on any atom is -0.340 e. The lowest BCUT2D eigenvalue weighted by Gasteiger charge is -2.00. The van der Waals surface area contributed by atoms with Gasteiger partial charge in [0, 0.05) is 6.54 Å². The molecule has 12 heavy (non-hydrogen) atoms. The van der Waals surface area contributed by atoms with Crippen molar-refractivity contribution < 1.29 is 0 Å². The number of hydrogen-bond acceptors (Lipinski definition) is 3. The van der Waals surface area contributed by atoms with E-state index in [4.69, 9.17) is 5.41 Å². The smallest absolute Gasteiger partial charge is 0.182 e. The molecule has 62 valence electrons. The first-order chi connectivity index (χ1) is 5.83. The summed E-state index contributed by atoms with van der Waals surface area (Å²) in [5.74, 6) is 0. The summed E-state index contributed by atoms with van der Waals surface area (Å²) in [7, 11) is 0. The van der Waals surface area contributed by atoms with Crippen molar-refractivity contribution in [1.82, 2.24) is 19.5 Å². The van der Waals surface area contributed by atoms with Crippen molar-refractivity contribution in [3.8, 4) is 0 Å². The predicted octanol–water partition coefficient (Wildman–Crippen LogP) is 0.259. The Balaban J connectivity index is 2.88. The highest BCUT2D eigenvalue weighted by molar-refractivity contribution is 5.67. The van der Waals surface area contributed by atoms with Crippen LogP contribution in [-0.2, 0) is 6.54 Å². The summed E-state index contributed by atoms with van der Waals surface area (Å²) >= 11 is 0. The summed E-state index contributed by atoms with van der Waals surface area (Å²) in [5.41, 5.74) is 1.73. The molecule has 0 bridgehead atoms. The van der Waals surface area contributed by atoms with Gasteiger partial charge in [-0.25, -0.2) is 9.97 Å². The Hall–Kier alpha value is -1.65. The zero-order valence-corrected chi connectivity index (χ0v) is 6.70. The molecular weight excluding hydrogens is 154 g/mol. The van der Waals surface area contributed by atoms with Crippen LogP contribution in [0.1, 0.15) is 6.92 Å². The molecule has 0 aliphatic rings. The minimum absolute atomic E-state index is 0.431. The maximum atomic E-state index is 7.71. The number of nitrogens with one attached hydrogen (secondary N) is 2. The van der Waals surface area contributed by atoms with Gasteiger partial charge in [-0.15, -0.1) is 0 Å². The molecule has 2 heterocycles. The van der Waals surface area contributed by atoms with Gasteiger partial charge in [0.25, 0.3) is 0 Å². The second-order valence-electron chi connectivity index (χ2n) is 2.48. The Morgan fingerprint density at radius 1 is 1.58 bits per heavy atom. The van der Waals surface area contributed by atoms with Crippen LogP contribution in [0, 0.1) is 5.41 Å². The molecule has 0 aliphatic carbocycles. The van der Waals surface area contributed by atoms with Crippen LogP contribution in [0.3, 0.4) is 0 Å². The predicted molar refractivity (Wildman–Crippen MR) is 43.4 cm³/mol. The standard InChI is InChI=1S/C7H9N5/c1-2-12-4-11-7-5(6(12)8)9-3-10-7/h3-4,8H,2H2,1H3,(H,9,10). The lowest BCUT2D eigenvalue weighted by atomic mass is 10.5. The summed E-state index contributed by atoms with van der Waals surface area (Å²) in [5, 5.41) is 7.71. The average Bonchev–Trinajstić information content (AvgIpc) is 2.53. The molecule has 0 aliphatic heterocycles. The van der Waals surface area contributed by atoms with Crippen LogP contribution < -0.4 is 5.49 Å². The molecular formula is C7H9N5. The van der Waals surface area contributed by atoms with Gasteiger partial charge in [-0.1, -0.05) is 0 Å². The highest BCUT2D eigenvalue weighted by Crippen LogP contribution is 1.96. The van der Waals surface area contributed by atoms with E-state index in [-0.39, 0.29) is 0 Å². The van der Waals surface area contributed by atoms with Crippen molar-refractivity contribution in [3.63, 3.8) is 0 Å². The molecule has 2 aromatic rings. The zero-order chi connectivity index (χ0) is 8.55. The third kappa shape index (κ3) is 0.827. The maximum Gasteiger partial charge on any atom is 0.182 e. The highest BCUT2D eigenvalue weighted by atomic mass is 15.1. The zero-order valence-electron chi connectivity index (χ0n) is 6.70. The van der Waals surface area contributed by atoms with Gasteiger partial charge in [0.1, 0.15) is 5.52 Å². The van der Waals surface area contributed by atoms with Crippen molar-refractivity contribution in [2.75, 3.05) is 0 Å². The lowest BCUT2D eigenvalue weighted by molar-refractivity contribution is 0.693. The topological polar surface area (TPSA) is 70.3 Å². The summed E-state index contributed by atoms with van der Waals surface area (Å²) in [4.78, 5) is 10.9. The van der Waals surface area contributed by atoms with Crippen LogP contribution >= 0.6 is 0 Å². The number of aromatic nitrogens is 4. The van der Waals surface area contributed by atoms with Gasteiger partial charge < -0.3 is 9.55 Å². The molecule has 2 aromatic heterocycles. The molecule has 2 N–H and O–H groups in total. The monoisotopic (exact) mass is 163 g/mol. The van der Waals surface area contributed by atoms with E-state index in [1.807, 2.05) is 6.92 Å². The molecule has 0 aromatic carbocycles. The third-order valence-electron chi connectivity index (χ3n) is 1.80. The van der Waals surface area contributed by atoms with Gasteiger partial charge in [-0.3, -0.25) is 5.41 Å². The number of imidazole rings is 1. The second-order valence-corrected chi connectivity index (χ2v) is 2.48. The van der Waals surface area contributed by atoms with Crippen LogP contribution in [0.5, 0.6) is 0 Å². The second kappa shape index (κ2) is 2.44. The molecule has 0 fully saturated rings. The number of aryl methyl sites for hydroxylation is 1. The number of fused-ring (bicyclic) bond motifs is 1. The fraction of sp³-hybridized carbons (Fsp3) is 0.286. The van der Waals surface area contributed by atoms with Crippen molar-refractivity contribution in [2.45, 2.75) is 13.5 Å². The first-order valence-corrected chi connectivity index (χ1v) is 3.76. The molecule has 0 amide bonds. The lowest BCUT2D eigenvalue weighted by Crippen LogP contribution is -2.19.